The van der Waals surface area contributed by atoms with Gasteiger partial charge in [0.1, 0.15) is 0 Å². The molecule has 0 spiro atoms. The first-order valence-electron chi connectivity index (χ1n) is 7.87. The number of methoxy groups -OCH3 is 2. The molecule has 0 aromatic heterocycles. The summed E-state index contributed by atoms with van der Waals surface area (Å²) in [5.41, 5.74) is 0.141. The molecule has 4 heteroatoms. The van der Waals surface area contributed by atoms with Crippen LogP contribution in [0.5, 0.6) is 0 Å². The van der Waals surface area contributed by atoms with Crippen molar-refractivity contribution in [1.29, 1.82) is 0 Å². The fraction of sp³-hybridized carbons (Fsp3) is 1.00. The first kappa shape index (κ1) is 17.9. The van der Waals surface area contributed by atoms with Gasteiger partial charge >= 0.3 is 0 Å². The molecule has 1 fully saturated rings. The van der Waals surface area contributed by atoms with Crippen LogP contribution in [0.4, 0.5) is 0 Å². The maximum absolute atomic E-state index is 5.46. The number of nitrogens with one attached hydrogen (secondary N) is 1. The average molecular weight is 286 g/mol. The van der Waals surface area contributed by atoms with Crippen LogP contribution in [0.15, 0.2) is 0 Å². The van der Waals surface area contributed by atoms with E-state index >= 15 is 0 Å². The number of rotatable bonds is 10. The van der Waals surface area contributed by atoms with Crippen molar-refractivity contribution in [3.63, 3.8) is 0 Å². The summed E-state index contributed by atoms with van der Waals surface area (Å²) < 4.78 is 10.8. The van der Waals surface area contributed by atoms with Crippen molar-refractivity contribution in [2.75, 3.05) is 40.5 Å². The molecular weight excluding hydrogens is 252 g/mol. The standard InChI is InChI=1S/C16H34N2O2/c1-13(14-7-8-14)18(9-10-19-5)15(12-20-6)11-17-16(2,3)4/h13-15,17H,7-12H2,1-6H3. The zero-order valence-corrected chi connectivity index (χ0v) is 14.2. The van der Waals surface area contributed by atoms with E-state index in [4.69, 9.17) is 9.47 Å². The van der Waals surface area contributed by atoms with Gasteiger partial charge in [0.25, 0.3) is 0 Å². The normalized spacial score (nSPS) is 19.4. The molecule has 0 radical (unpaired) electrons. The topological polar surface area (TPSA) is 33.7 Å². The minimum absolute atomic E-state index is 0.141. The zero-order valence-electron chi connectivity index (χ0n) is 14.2. The Bertz CT molecular complexity index is 262. The van der Waals surface area contributed by atoms with Gasteiger partial charge in [-0.2, -0.15) is 0 Å². The molecular formula is C16H34N2O2. The van der Waals surface area contributed by atoms with E-state index < -0.39 is 0 Å². The van der Waals surface area contributed by atoms with Crippen molar-refractivity contribution in [1.82, 2.24) is 10.2 Å². The maximum atomic E-state index is 5.46. The summed E-state index contributed by atoms with van der Waals surface area (Å²) in [5.74, 6) is 0.862. The molecule has 2 atom stereocenters. The van der Waals surface area contributed by atoms with Crippen LogP contribution < -0.4 is 5.32 Å². The van der Waals surface area contributed by atoms with Gasteiger partial charge in [-0.25, -0.2) is 0 Å². The summed E-state index contributed by atoms with van der Waals surface area (Å²) in [6, 6.07) is 1.03. The van der Waals surface area contributed by atoms with E-state index in [9.17, 15) is 0 Å². The second kappa shape index (κ2) is 8.32. The quantitative estimate of drug-likeness (QED) is 0.667. The second-order valence-corrected chi connectivity index (χ2v) is 7.05. The lowest BCUT2D eigenvalue weighted by Crippen LogP contribution is -2.53. The van der Waals surface area contributed by atoms with Gasteiger partial charge < -0.3 is 14.8 Å². The van der Waals surface area contributed by atoms with Gasteiger partial charge in [0.15, 0.2) is 0 Å². The van der Waals surface area contributed by atoms with E-state index in [1.54, 1.807) is 14.2 Å². The van der Waals surface area contributed by atoms with Crippen molar-refractivity contribution in [2.24, 2.45) is 5.92 Å². The van der Waals surface area contributed by atoms with E-state index in [2.05, 4.69) is 37.9 Å². The molecule has 2 unspecified atom stereocenters. The third-order valence-corrected chi connectivity index (χ3v) is 4.08. The van der Waals surface area contributed by atoms with E-state index in [1.807, 2.05) is 0 Å². The third-order valence-electron chi connectivity index (χ3n) is 4.08. The van der Waals surface area contributed by atoms with Crippen molar-refractivity contribution < 1.29 is 9.47 Å². The lowest BCUT2D eigenvalue weighted by molar-refractivity contribution is 0.0355. The van der Waals surface area contributed by atoms with Gasteiger partial charge in [0.05, 0.1) is 13.2 Å². The van der Waals surface area contributed by atoms with E-state index in [1.165, 1.54) is 12.8 Å². The van der Waals surface area contributed by atoms with E-state index in [-0.39, 0.29) is 5.54 Å². The highest BCUT2D eigenvalue weighted by Crippen LogP contribution is 2.35. The first-order valence-corrected chi connectivity index (χ1v) is 7.87. The largest absolute Gasteiger partial charge is 0.383 e. The predicted octanol–water partition coefficient (Wildman–Crippen LogP) is 2.14. The Morgan fingerprint density at radius 2 is 1.85 bits per heavy atom. The van der Waals surface area contributed by atoms with Crippen LogP contribution in [0.3, 0.4) is 0 Å². The molecule has 1 saturated carbocycles. The Kier molecular flexibility index (Phi) is 7.45. The van der Waals surface area contributed by atoms with E-state index in [0.717, 1.165) is 32.2 Å². The summed E-state index contributed by atoms with van der Waals surface area (Å²) in [7, 11) is 3.57. The summed E-state index contributed by atoms with van der Waals surface area (Å²) in [6.07, 6.45) is 2.74. The second-order valence-electron chi connectivity index (χ2n) is 7.05. The maximum Gasteiger partial charge on any atom is 0.0630 e. The lowest BCUT2D eigenvalue weighted by atomic mass is 10.1. The highest BCUT2D eigenvalue weighted by molar-refractivity contribution is 4.89. The Hall–Kier alpha value is -0.160. The van der Waals surface area contributed by atoms with Crippen LogP contribution in [0, 0.1) is 5.92 Å². The van der Waals surface area contributed by atoms with Gasteiger partial charge in [-0.15, -0.1) is 0 Å². The first-order chi connectivity index (χ1) is 9.39. The van der Waals surface area contributed by atoms with Crippen molar-refractivity contribution >= 4 is 0 Å². The van der Waals surface area contributed by atoms with Crippen LogP contribution in [0.2, 0.25) is 0 Å². The Balaban J connectivity index is 2.63. The molecule has 1 rings (SSSR count). The molecule has 0 amide bonds. The molecule has 0 aromatic carbocycles. The minimum Gasteiger partial charge on any atom is -0.383 e. The smallest absolute Gasteiger partial charge is 0.0630 e. The number of hydrogen-bond acceptors (Lipinski definition) is 4. The Labute approximate surface area is 125 Å². The lowest BCUT2D eigenvalue weighted by Gasteiger charge is -2.38. The molecule has 1 N–H and O–H groups in total. The summed E-state index contributed by atoms with van der Waals surface area (Å²) in [6.45, 7) is 12.5. The predicted molar refractivity (Wildman–Crippen MR) is 84.2 cm³/mol. The fourth-order valence-electron chi connectivity index (χ4n) is 2.65. The molecule has 1 aliphatic rings. The Morgan fingerprint density at radius 1 is 1.20 bits per heavy atom. The average Bonchev–Trinajstić information content (AvgIpc) is 3.19. The van der Waals surface area contributed by atoms with Crippen LogP contribution in [0.25, 0.3) is 0 Å². The van der Waals surface area contributed by atoms with Gasteiger partial charge in [-0.05, 0) is 46.5 Å². The molecule has 0 aliphatic heterocycles. The molecule has 0 bridgehead atoms. The van der Waals surface area contributed by atoms with Gasteiger partial charge in [0.2, 0.25) is 0 Å². The van der Waals surface area contributed by atoms with Crippen molar-refractivity contribution in [2.45, 2.75) is 58.2 Å². The molecule has 0 heterocycles. The number of ether oxygens (including phenoxy) is 2. The van der Waals surface area contributed by atoms with Crippen LogP contribution in [0.1, 0.15) is 40.5 Å². The zero-order chi connectivity index (χ0) is 15.2. The molecule has 0 aromatic rings. The molecule has 1 aliphatic carbocycles. The SMILES string of the molecule is COCCN(C(CNC(C)(C)C)COC)C(C)C1CC1. The van der Waals surface area contributed by atoms with Gasteiger partial charge in [0, 0.05) is 44.9 Å². The van der Waals surface area contributed by atoms with Gasteiger partial charge in [-0.3, -0.25) is 4.90 Å². The van der Waals surface area contributed by atoms with E-state index in [0.29, 0.717) is 12.1 Å². The Morgan fingerprint density at radius 3 is 2.30 bits per heavy atom. The number of hydrogen-bond donors (Lipinski definition) is 1. The molecule has 0 saturated heterocycles. The summed E-state index contributed by atoms with van der Waals surface area (Å²) in [5, 5.41) is 3.62. The van der Waals surface area contributed by atoms with Crippen LogP contribution in [-0.4, -0.2) is 63.0 Å². The fourth-order valence-corrected chi connectivity index (χ4v) is 2.65. The summed E-state index contributed by atoms with van der Waals surface area (Å²) >= 11 is 0. The van der Waals surface area contributed by atoms with Crippen LogP contribution >= 0.6 is 0 Å². The van der Waals surface area contributed by atoms with Gasteiger partial charge in [-0.1, -0.05) is 0 Å². The molecule has 120 valence electrons. The molecule has 20 heavy (non-hydrogen) atoms. The van der Waals surface area contributed by atoms with Crippen molar-refractivity contribution in [3.8, 4) is 0 Å². The monoisotopic (exact) mass is 286 g/mol. The summed E-state index contributed by atoms with van der Waals surface area (Å²) in [4.78, 5) is 2.57. The highest BCUT2D eigenvalue weighted by Gasteiger charge is 2.35. The number of nitrogens with zero attached hydrogens (tertiary/aromatic N) is 1. The minimum atomic E-state index is 0.141. The molecule has 4 nitrogen and oxygen atoms in total. The third kappa shape index (κ3) is 6.53. The van der Waals surface area contributed by atoms with Crippen LogP contribution in [-0.2, 0) is 9.47 Å². The van der Waals surface area contributed by atoms with Crippen molar-refractivity contribution in [3.05, 3.63) is 0 Å². The highest BCUT2D eigenvalue weighted by atomic mass is 16.5.